The van der Waals surface area contributed by atoms with Crippen LogP contribution in [0.5, 0.6) is 0 Å². The van der Waals surface area contributed by atoms with E-state index in [4.69, 9.17) is 14.1 Å². The molecule has 5 rings (SSSR count). The summed E-state index contributed by atoms with van der Waals surface area (Å²) < 4.78 is 11.6. The van der Waals surface area contributed by atoms with E-state index in [1.54, 1.807) is 4.90 Å². The highest BCUT2D eigenvalue weighted by Crippen LogP contribution is 2.33. The van der Waals surface area contributed by atoms with Gasteiger partial charge in [-0.15, -0.1) is 0 Å². The number of anilines is 1. The van der Waals surface area contributed by atoms with Gasteiger partial charge in [0.25, 0.3) is 11.9 Å². The zero-order valence-electron chi connectivity index (χ0n) is 22.1. The van der Waals surface area contributed by atoms with Gasteiger partial charge in [-0.05, 0) is 72.6 Å². The van der Waals surface area contributed by atoms with Gasteiger partial charge in [0.05, 0.1) is 5.56 Å². The summed E-state index contributed by atoms with van der Waals surface area (Å²) in [6.07, 6.45) is 5.40. The van der Waals surface area contributed by atoms with Crippen molar-refractivity contribution < 1.29 is 18.7 Å². The Morgan fingerprint density at radius 2 is 1.86 bits per heavy atom. The first kappa shape index (κ1) is 24.9. The molecule has 3 unspecified atom stereocenters. The summed E-state index contributed by atoms with van der Waals surface area (Å²) in [5, 5.41) is 3.29. The summed E-state index contributed by atoms with van der Waals surface area (Å²) in [5.41, 5.74) is 1.20. The van der Waals surface area contributed by atoms with Crippen molar-refractivity contribution in [3.05, 3.63) is 23.8 Å². The molecule has 36 heavy (non-hydrogen) atoms. The van der Waals surface area contributed by atoms with Crippen molar-refractivity contribution in [3.63, 3.8) is 0 Å². The maximum atomic E-state index is 13.3. The number of hydrogen-bond acceptors (Lipinski definition) is 7. The fraction of sp³-hybridized carbons (Fsp3) is 0.667. The molecule has 2 aromatic rings. The average Bonchev–Trinajstić information content (AvgIpc) is 3.23. The van der Waals surface area contributed by atoms with Crippen molar-refractivity contribution in [3.8, 4) is 0 Å². The topological polar surface area (TPSA) is 91.2 Å². The molecule has 3 aliphatic rings. The molecule has 9 nitrogen and oxygen atoms in total. The number of nitrogens with one attached hydrogen (secondary N) is 1. The number of fused-ring (bicyclic) bond motifs is 3. The first-order valence-corrected chi connectivity index (χ1v) is 13.3. The van der Waals surface area contributed by atoms with Gasteiger partial charge in [-0.25, -0.2) is 4.79 Å². The first-order chi connectivity index (χ1) is 17.1. The molecule has 0 spiro atoms. The molecule has 9 heteroatoms. The molecular formula is C27H39N5O4. The summed E-state index contributed by atoms with van der Waals surface area (Å²) >= 11 is 0. The fourth-order valence-electron chi connectivity index (χ4n) is 5.98. The maximum Gasteiger partial charge on any atom is 0.410 e. The summed E-state index contributed by atoms with van der Waals surface area (Å²) in [7, 11) is 2.22. The van der Waals surface area contributed by atoms with Gasteiger partial charge >= 0.3 is 6.09 Å². The Labute approximate surface area is 213 Å². The highest BCUT2D eigenvalue weighted by atomic mass is 16.6. The van der Waals surface area contributed by atoms with Gasteiger partial charge in [0.2, 0.25) is 0 Å². The van der Waals surface area contributed by atoms with Crippen molar-refractivity contribution in [1.82, 2.24) is 20.1 Å². The van der Waals surface area contributed by atoms with Crippen molar-refractivity contribution in [2.75, 3.05) is 31.6 Å². The predicted molar refractivity (Wildman–Crippen MR) is 138 cm³/mol. The van der Waals surface area contributed by atoms with E-state index in [0.717, 1.165) is 12.8 Å². The number of nitrogens with zero attached hydrogens (tertiary/aromatic N) is 4. The van der Waals surface area contributed by atoms with Gasteiger partial charge < -0.3 is 29.2 Å². The lowest BCUT2D eigenvalue weighted by atomic mass is 9.82. The molecule has 4 heterocycles. The van der Waals surface area contributed by atoms with Gasteiger partial charge in [0.1, 0.15) is 11.1 Å². The summed E-state index contributed by atoms with van der Waals surface area (Å²) in [6, 6.07) is 7.24. The predicted octanol–water partition coefficient (Wildman–Crippen LogP) is 4.02. The van der Waals surface area contributed by atoms with Gasteiger partial charge in [-0.3, -0.25) is 4.79 Å². The minimum Gasteiger partial charge on any atom is -0.444 e. The monoisotopic (exact) mass is 497 g/mol. The lowest BCUT2D eigenvalue weighted by Gasteiger charge is -2.47. The number of para-hydroxylation sites is 1. The third-order valence-corrected chi connectivity index (χ3v) is 7.85. The fourth-order valence-corrected chi connectivity index (χ4v) is 5.98. The molecule has 3 atom stereocenters. The van der Waals surface area contributed by atoms with Crippen molar-refractivity contribution in [2.45, 2.75) is 89.6 Å². The molecule has 0 saturated carbocycles. The molecule has 2 amide bonds. The van der Waals surface area contributed by atoms with Crippen LogP contribution in [0.1, 0.15) is 70.2 Å². The standard InChI is InChI=1S/C27H39N5O4/c1-17-16-31(12-13-32(17)26(34)36-27(2,3)4)25-29-23-21(10-7-11-22(23)35-25)24(33)28-18-14-19-8-6-9-20(15-18)30(19)5/h7,10-11,17-20H,6,8-9,12-16H2,1-5H3,(H,28,33). The van der Waals surface area contributed by atoms with Crippen LogP contribution in [0.4, 0.5) is 10.8 Å². The van der Waals surface area contributed by atoms with Crippen LogP contribution in [0.2, 0.25) is 0 Å². The van der Waals surface area contributed by atoms with E-state index in [-0.39, 0.29) is 24.1 Å². The second-order valence-electron chi connectivity index (χ2n) is 11.7. The third kappa shape index (κ3) is 5.03. The van der Waals surface area contributed by atoms with Crippen LogP contribution < -0.4 is 10.2 Å². The van der Waals surface area contributed by atoms with Crippen LogP contribution in [0.15, 0.2) is 22.6 Å². The molecule has 2 bridgehead atoms. The molecule has 1 N–H and O–H groups in total. The Morgan fingerprint density at radius 3 is 2.53 bits per heavy atom. The Morgan fingerprint density at radius 1 is 1.14 bits per heavy atom. The number of carbonyl (C=O) groups is 2. The molecule has 1 aromatic heterocycles. The van der Waals surface area contributed by atoms with E-state index in [1.165, 1.54) is 19.3 Å². The Kier molecular flexibility index (Phi) is 6.61. The molecule has 3 saturated heterocycles. The number of carbonyl (C=O) groups excluding carboxylic acids is 2. The smallest absolute Gasteiger partial charge is 0.410 e. The number of aromatic nitrogens is 1. The highest BCUT2D eigenvalue weighted by Gasteiger charge is 2.37. The largest absolute Gasteiger partial charge is 0.444 e. The number of rotatable bonds is 3. The molecule has 3 aliphatic heterocycles. The van der Waals surface area contributed by atoms with Crippen molar-refractivity contribution in [1.29, 1.82) is 0 Å². The van der Waals surface area contributed by atoms with Gasteiger partial charge in [0, 0.05) is 43.8 Å². The van der Waals surface area contributed by atoms with Crippen LogP contribution in [-0.2, 0) is 4.74 Å². The van der Waals surface area contributed by atoms with Gasteiger partial charge in [-0.2, -0.15) is 4.98 Å². The first-order valence-electron chi connectivity index (χ1n) is 13.3. The highest BCUT2D eigenvalue weighted by molar-refractivity contribution is 6.04. The van der Waals surface area contributed by atoms with Crippen molar-refractivity contribution in [2.24, 2.45) is 0 Å². The third-order valence-electron chi connectivity index (χ3n) is 7.85. The van der Waals surface area contributed by atoms with E-state index in [0.29, 0.717) is 54.4 Å². The minimum atomic E-state index is -0.530. The summed E-state index contributed by atoms with van der Waals surface area (Å²) in [4.78, 5) is 36.9. The Balaban J connectivity index is 1.28. The molecular weight excluding hydrogens is 458 g/mol. The number of amides is 2. The van der Waals surface area contributed by atoms with E-state index >= 15 is 0 Å². The quantitative estimate of drug-likeness (QED) is 0.685. The second-order valence-corrected chi connectivity index (χ2v) is 11.7. The molecule has 196 valence electrons. The lowest BCUT2D eigenvalue weighted by Crippen LogP contribution is -2.55. The molecule has 0 radical (unpaired) electrons. The number of hydrogen-bond donors (Lipinski definition) is 1. The summed E-state index contributed by atoms with van der Waals surface area (Å²) in [5.74, 6) is -0.0869. The van der Waals surface area contributed by atoms with Gasteiger partial charge in [-0.1, -0.05) is 12.5 Å². The van der Waals surface area contributed by atoms with Crippen molar-refractivity contribution >= 4 is 29.1 Å². The molecule has 0 aliphatic carbocycles. The normalized spacial score (nSPS) is 27.2. The lowest BCUT2D eigenvalue weighted by molar-refractivity contribution is 0.0156. The number of benzene rings is 1. The van der Waals surface area contributed by atoms with E-state index in [9.17, 15) is 9.59 Å². The van der Waals surface area contributed by atoms with Crippen LogP contribution >= 0.6 is 0 Å². The molecule has 1 aromatic carbocycles. The van der Waals surface area contributed by atoms with E-state index in [2.05, 4.69) is 17.3 Å². The average molecular weight is 498 g/mol. The SMILES string of the molecule is CC1CN(c2nc3c(C(=O)NC4CC5CCCC(C4)N5C)cccc3o2)CCN1C(=O)OC(C)(C)C. The number of oxazole rings is 1. The van der Waals surface area contributed by atoms with Crippen LogP contribution in [0, 0.1) is 0 Å². The zero-order valence-corrected chi connectivity index (χ0v) is 22.1. The summed E-state index contributed by atoms with van der Waals surface area (Å²) in [6.45, 7) is 9.28. The number of ether oxygens (including phenoxy) is 1. The minimum absolute atomic E-state index is 0.0599. The van der Waals surface area contributed by atoms with Crippen LogP contribution in [-0.4, -0.2) is 83.2 Å². The van der Waals surface area contributed by atoms with Gasteiger partial charge in [0.15, 0.2) is 5.58 Å². The van der Waals surface area contributed by atoms with E-state index in [1.807, 2.05) is 50.8 Å². The van der Waals surface area contributed by atoms with Crippen LogP contribution in [0.3, 0.4) is 0 Å². The Hall–Kier alpha value is -2.81. The number of piperidine rings is 2. The number of piperazine rings is 1. The molecule has 3 fully saturated rings. The second kappa shape index (κ2) is 9.57. The van der Waals surface area contributed by atoms with E-state index < -0.39 is 5.60 Å². The Bertz CT molecular complexity index is 1110. The van der Waals surface area contributed by atoms with Crippen LogP contribution in [0.25, 0.3) is 11.1 Å². The maximum absolute atomic E-state index is 13.3. The zero-order chi connectivity index (χ0) is 25.6.